The SMILES string of the molecule is O=C(Oc1c(I)cc(I)cc1I)c1ccccc1C(=O)Oc1c(F)c(F)c(S(=O)(=O)[O-])c(F)c1F. The third-order valence-corrected chi connectivity index (χ3v) is 7.24. The lowest BCUT2D eigenvalue weighted by molar-refractivity contribution is 0.0681. The number of carbonyl (C=O) groups excluding carboxylic acids is 2. The minimum absolute atomic E-state index is 0.176. The van der Waals surface area contributed by atoms with E-state index in [1.54, 1.807) is 12.1 Å². The summed E-state index contributed by atoms with van der Waals surface area (Å²) in [4.78, 5) is 23.0. The van der Waals surface area contributed by atoms with E-state index in [1.165, 1.54) is 12.1 Å². The number of carbonyl (C=O) groups is 2. The zero-order chi connectivity index (χ0) is 26.2. The molecule has 0 N–H and O–H groups in total. The van der Waals surface area contributed by atoms with Gasteiger partial charge in [0, 0.05) is 3.57 Å². The maximum Gasteiger partial charge on any atom is 0.344 e. The molecule has 0 aliphatic carbocycles. The van der Waals surface area contributed by atoms with Crippen LogP contribution in [0.4, 0.5) is 17.6 Å². The summed E-state index contributed by atoms with van der Waals surface area (Å²) in [5, 5.41) is 0. The van der Waals surface area contributed by atoms with Gasteiger partial charge in [0.25, 0.3) is 0 Å². The highest BCUT2D eigenvalue weighted by molar-refractivity contribution is 14.1. The van der Waals surface area contributed by atoms with Crippen LogP contribution in [0.3, 0.4) is 0 Å². The fourth-order valence-corrected chi connectivity index (χ4v) is 7.08. The van der Waals surface area contributed by atoms with Crippen molar-refractivity contribution < 1.29 is 49.6 Å². The van der Waals surface area contributed by atoms with Gasteiger partial charge in [0.05, 0.1) is 18.3 Å². The first-order valence-electron chi connectivity index (χ1n) is 8.73. The maximum absolute atomic E-state index is 14.2. The molecule has 0 unspecified atom stereocenters. The van der Waals surface area contributed by atoms with Crippen molar-refractivity contribution in [3.8, 4) is 11.5 Å². The predicted octanol–water partition coefficient (Wildman–Crippen LogP) is 5.40. The normalized spacial score (nSPS) is 11.3. The summed E-state index contributed by atoms with van der Waals surface area (Å²) in [6.07, 6.45) is 0. The Balaban J connectivity index is 2.00. The van der Waals surface area contributed by atoms with Gasteiger partial charge in [-0.1, -0.05) is 12.1 Å². The fraction of sp³-hybridized carbons (Fsp3) is 0. The van der Waals surface area contributed by atoms with E-state index in [9.17, 15) is 40.1 Å². The number of esters is 2. The van der Waals surface area contributed by atoms with Gasteiger partial charge in [0.1, 0.15) is 15.0 Å². The van der Waals surface area contributed by atoms with Gasteiger partial charge in [-0.2, -0.15) is 8.78 Å². The van der Waals surface area contributed by atoms with Crippen molar-refractivity contribution in [2.75, 3.05) is 0 Å². The minimum atomic E-state index is -5.95. The highest BCUT2D eigenvalue weighted by Gasteiger charge is 2.32. The molecule has 0 spiro atoms. The molecule has 184 valence electrons. The van der Waals surface area contributed by atoms with Gasteiger partial charge in [0.15, 0.2) is 17.4 Å². The van der Waals surface area contributed by atoms with E-state index in [-0.39, 0.29) is 5.75 Å². The number of rotatable bonds is 5. The van der Waals surface area contributed by atoms with E-state index < -0.39 is 67.1 Å². The van der Waals surface area contributed by atoms with Crippen LogP contribution >= 0.6 is 67.8 Å². The highest BCUT2D eigenvalue weighted by Crippen LogP contribution is 2.34. The molecule has 0 aliphatic heterocycles. The Morgan fingerprint density at radius 2 is 1.14 bits per heavy atom. The Morgan fingerprint density at radius 3 is 1.54 bits per heavy atom. The fourth-order valence-electron chi connectivity index (χ4n) is 2.66. The Hall–Kier alpha value is -1.58. The number of benzene rings is 3. The number of halogens is 7. The molecule has 0 heterocycles. The van der Waals surface area contributed by atoms with Crippen molar-refractivity contribution in [2.24, 2.45) is 0 Å². The summed E-state index contributed by atoms with van der Waals surface area (Å²) in [7, 11) is -5.95. The first-order chi connectivity index (χ1) is 16.2. The van der Waals surface area contributed by atoms with E-state index in [2.05, 4.69) is 27.3 Å². The largest absolute Gasteiger partial charge is 0.744 e. The third-order valence-electron chi connectivity index (χ3n) is 4.15. The molecule has 0 aromatic heterocycles. The van der Waals surface area contributed by atoms with Crippen molar-refractivity contribution in [3.63, 3.8) is 0 Å². The van der Waals surface area contributed by atoms with E-state index in [0.29, 0.717) is 7.14 Å². The zero-order valence-corrected chi connectivity index (χ0v) is 23.7. The van der Waals surface area contributed by atoms with E-state index in [0.717, 1.165) is 15.7 Å². The van der Waals surface area contributed by atoms with Crippen LogP contribution in [0.25, 0.3) is 0 Å². The summed E-state index contributed by atoms with van der Waals surface area (Å²) < 4.78 is 101. The molecule has 15 heteroatoms. The van der Waals surface area contributed by atoms with Crippen LogP contribution in [0, 0.1) is 34.0 Å². The lowest BCUT2D eigenvalue weighted by Gasteiger charge is -2.15. The van der Waals surface area contributed by atoms with Crippen molar-refractivity contribution in [3.05, 3.63) is 81.5 Å². The molecule has 3 aromatic carbocycles. The lowest BCUT2D eigenvalue weighted by atomic mass is 10.1. The van der Waals surface area contributed by atoms with Gasteiger partial charge in [-0.25, -0.2) is 26.8 Å². The van der Waals surface area contributed by atoms with E-state index >= 15 is 0 Å². The second kappa shape index (κ2) is 10.8. The van der Waals surface area contributed by atoms with Crippen LogP contribution in [0.2, 0.25) is 0 Å². The van der Waals surface area contributed by atoms with Crippen LogP contribution in [-0.2, 0) is 10.1 Å². The van der Waals surface area contributed by atoms with Gasteiger partial charge < -0.3 is 14.0 Å². The smallest absolute Gasteiger partial charge is 0.344 e. The van der Waals surface area contributed by atoms with E-state index in [4.69, 9.17) is 4.74 Å². The molecule has 0 aliphatic rings. The number of hydrogen-bond acceptors (Lipinski definition) is 7. The third kappa shape index (κ3) is 5.88. The highest BCUT2D eigenvalue weighted by atomic mass is 127. The predicted molar refractivity (Wildman–Crippen MR) is 135 cm³/mol. The molecule has 0 bridgehead atoms. The summed E-state index contributed by atoms with van der Waals surface area (Å²) in [6, 6.07) is 8.17. The van der Waals surface area contributed by atoms with Crippen LogP contribution in [-0.4, -0.2) is 24.9 Å². The molecule has 0 saturated heterocycles. The van der Waals surface area contributed by atoms with Gasteiger partial charge in [-0.3, -0.25) is 0 Å². The van der Waals surface area contributed by atoms with Crippen LogP contribution in [0.15, 0.2) is 41.3 Å². The maximum atomic E-state index is 14.2. The molecule has 3 aromatic rings. The first-order valence-corrected chi connectivity index (χ1v) is 13.4. The molecule has 35 heavy (non-hydrogen) atoms. The van der Waals surface area contributed by atoms with Crippen molar-refractivity contribution in [1.29, 1.82) is 0 Å². The second-order valence-corrected chi connectivity index (χ2v) is 11.3. The van der Waals surface area contributed by atoms with Gasteiger partial charge >= 0.3 is 11.9 Å². The number of hydrogen-bond donors (Lipinski definition) is 0. The van der Waals surface area contributed by atoms with Crippen LogP contribution in [0.1, 0.15) is 20.7 Å². The van der Waals surface area contributed by atoms with Gasteiger partial charge in [-0.15, -0.1) is 0 Å². The van der Waals surface area contributed by atoms with Crippen molar-refractivity contribution in [1.82, 2.24) is 0 Å². The summed E-state index contributed by atoms with van der Waals surface area (Å²) in [5.74, 6) is -14.5. The monoisotopic (exact) mass is 847 g/mol. The van der Waals surface area contributed by atoms with Crippen molar-refractivity contribution in [2.45, 2.75) is 4.90 Å². The topological polar surface area (TPSA) is 110 Å². The molecule has 7 nitrogen and oxygen atoms in total. The average molecular weight is 847 g/mol. The van der Waals surface area contributed by atoms with E-state index in [1.807, 2.05) is 45.2 Å². The first kappa shape index (κ1) is 28.0. The molecular formula is C20H6F4I3O7S-. The molecule has 0 atom stereocenters. The Kier molecular flexibility index (Phi) is 8.65. The van der Waals surface area contributed by atoms with Crippen molar-refractivity contribution >= 4 is 89.8 Å². The standard InChI is InChI=1S/C20H7F4I3O7S/c21-12-14(23)18(35(30,31)32)15(24)13(22)17(12)34-20(29)9-4-2-1-3-8(9)19(28)33-16-10(26)5-7(25)6-11(16)27/h1-6H,(H,30,31,32)/p-1. The summed E-state index contributed by atoms with van der Waals surface area (Å²) >= 11 is 5.91. The second-order valence-electron chi connectivity index (χ2n) is 6.39. The number of ether oxygens (including phenoxy) is 2. The summed E-state index contributed by atoms with van der Waals surface area (Å²) in [5.41, 5.74) is -1.00. The average Bonchev–Trinajstić information content (AvgIpc) is 2.76. The summed E-state index contributed by atoms with van der Waals surface area (Å²) in [6.45, 7) is 0. The minimum Gasteiger partial charge on any atom is -0.744 e. The quantitative estimate of drug-likeness (QED) is 0.0846. The van der Waals surface area contributed by atoms with Gasteiger partial charge in [-0.05, 0) is 92.0 Å². The molecular weight excluding hydrogens is 841 g/mol. The molecule has 0 fully saturated rings. The van der Waals surface area contributed by atoms with Crippen LogP contribution < -0.4 is 9.47 Å². The molecule has 3 rings (SSSR count). The molecule has 0 saturated carbocycles. The molecule has 0 amide bonds. The Labute approximate surface area is 235 Å². The van der Waals surface area contributed by atoms with Crippen LogP contribution in [0.5, 0.6) is 11.5 Å². The zero-order valence-electron chi connectivity index (χ0n) is 16.4. The Bertz CT molecular complexity index is 1440. The van der Waals surface area contributed by atoms with Gasteiger partial charge in [0.2, 0.25) is 17.4 Å². The molecule has 0 radical (unpaired) electrons. The Morgan fingerprint density at radius 1 is 0.743 bits per heavy atom. The lowest BCUT2D eigenvalue weighted by Crippen LogP contribution is -2.20.